The first-order chi connectivity index (χ1) is 4.48. The second kappa shape index (κ2) is 3.34. The summed E-state index contributed by atoms with van der Waals surface area (Å²) in [6, 6.07) is 0. The van der Waals surface area contributed by atoms with Crippen LogP contribution in [0.2, 0.25) is 0 Å². The van der Waals surface area contributed by atoms with Gasteiger partial charge in [-0.3, -0.25) is 10.1 Å². The maximum absolute atomic E-state index is 9.88. The van der Waals surface area contributed by atoms with Gasteiger partial charge < -0.3 is 0 Å². The van der Waals surface area contributed by atoms with Crippen LogP contribution in [-0.4, -0.2) is 4.92 Å². The number of rotatable bonds is 3. The van der Waals surface area contributed by atoms with E-state index in [4.69, 9.17) is 0 Å². The maximum Gasteiger partial charge on any atom is 0.231 e. The van der Waals surface area contributed by atoms with Crippen molar-refractivity contribution in [2.75, 3.05) is 0 Å². The quantitative estimate of drug-likeness (QED) is 0.449. The van der Waals surface area contributed by atoms with Gasteiger partial charge in [0.1, 0.15) is 0 Å². The van der Waals surface area contributed by atoms with Crippen molar-refractivity contribution in [1.82, 2.24) is 0 Å². The van der Waals surface area contributed by atoms with Crippen molar-refractivity contribution < 1.29 is 4.92 Å². The summed E-state index contributed by atoms with van der Waals surface area (Å²) >= 11 is 0. The Morgan fingerprint density at radius 2 is 2.10 bits per heavy atom. The van der Waals surface area contributed by atoms with Crippen LogP contribution < -0.4 is 0 Å². The van der Waals surface area contributed by atoms with Crippen molar-refractivity contribution in [1.29, 1.82) is 0 Å². The average Bonchev–Trinajstić information content (AvgIpc) is 1.85. The van der Waals surface area contributed by atoms with E-state index in [2.05, 4.69) is 0 Å². The maximum atomic E-state index is 9.88. The predicted molar refractivity (Wildman–Crippen MR) is 40.2 cm³/mol. The largest absolute Gasteiger partial charge is 0.259 e. The van der Waals surface area contributed by atoms with E-state index in [0.717, 1.165) is 12.6 Å². The lowest BCUT2D eigenvalue weighted by atomic mass is 9.91. The van der Waals surface area contributed by atoms with Gasteiger partial charge in [0.05, 0.1) is 4.92 Å². The highest BCUT2D eigenvalue weighted by Gasteiger charge is 2.11. The molecular formula is C7H13NO2. The highest BCUT2D eigenvalue weighted by Crippen LogP contribution is 2.20. The second-order valence-corrected chi connectivity index (χ2v) is 2.94. The Hall–Kier alpha value is -0.860. The fraction of sp³-hybridized carbons (Fsp3) is 0.714. The topological polar surface area (TPSA) is 43.1 Å². The van der Waals surface area contributed by atoms with Gasteiger partial charge in [-0.2, -0.15) is 0 Å². The molecule has 0 aromatic rings. The highest BCUT2D eigenvalue weighted by molar-refractivity contribution is 4.89. The summed E-state index contributed by atoms with van der Waals surface area (Å²) in [4.78, 5) is 9.45. The van der Waals surface area contributed by atoms with Gasteiger partial charge in [0.25, 0.3) is 0 Å². The van der Waals surface area contributed by atoms with E-state index in [-0.39, 0.29) is 5.41 Å². The van der Waals surface area contributed by atoms with E-state index in [9.17, 15) is 10.1 Å². The van der Waals surface area contributed by atoms with Crippen molar-refractivity contribution in [3.05, 3.63) is 22.4 Å². The first-order valence-electron chi connectivity index (χ1n) is 3.31. The Morgan fingerprint density at radius 3 is 2.40 bits per heavy atom. The van der Waals surface area contributed by atoms with Crippen molar-refractivity contribution >= 4 is 0 Å². The van der Waals surface area contributed by atoms with E-state index in [1.807, 2.05) is 20.8 Å². The molecular weight excluding hydrogens is 130 g/mol. The average molecular weight is 143 g/mol. The standard InChI is InChI=1S/C7H13NO2/c1-4-7(2,3)5-6-8(9)10/h5-6H,4H2,1-3H3/b6-5+. The smallest absolute Gasteiger partial charge is 0.231 e. The molecule has 3 heteroatoms. The fourth-order valence-corrected chi connectivity index (χ4v) is 0.380. The van der Waals surface area contributed by atoms with E-state index in [1.165, 1.54) is 0 Å². The highest BCUT2D eigenvalue weighted by atomic mass is 16.6. The van der Waals surface area contributed by atoms with Crippen LogP contribution in [0.1, 0.15) is 27.2 Å². The number of nitrogens with zero attached hydrogens (tertiary/aromatic N) is 1. The molecule has 3 nitrogen and oxygen atoms in total. The zero-order chi connectivity index (χ0) is 8.20. The first-order valence-corrected chi connectivity index (χ1v) is 3.31. The van der Waals surface area contributed by atoms with Gasteiger partial charge in [0, 0.05) is 0 Å². The fourth-order valence-electron chi connectivity index (χ4n) is 0.380. The van der Waals surface area contributed by atoms with Crippen molar-refractivity contribution in [3.8, 4) is 0 Å². The lowest BCUT2D eigenvalue weighted by Gasteiger charge is -2.14. The number of nitro groups is 1. The zero-order valence-electron chi connectivity index (χ0n) is 6.63. The lowest BCUT2D eigenvalue weighted by molar-refractivity contribution is -0.403. The van der Waals surface area contributed by atoms with Crippen molar-refractivity contribution in [3.63, 3.8) is 0 Å². The predicted octanol–water partition coefficient (Wildman–Crippen LogP) is 2.21. The molecule has 0 amide bonds. The summed E-state index contributed by atoms with van der Waals surface area (Å²) in [7, 11) is 0. The number of hydrogen-bond acceptors (Lipinski definition) is 2. The Labute approximate surface area is 60.9 Å². The van der Waals surface area contributed by atoms with E-state index >= 15 is 0 Å². The molecule has 0 fully saturated rings. The Morgan fingerprint density at radius 1 is 1.60 bits per heavy atom. The minimum absolute atomic E-state index is 0.0485. The normalized spacial score (nSPS) is 12.3. The molecule has 0 bridgehead atoms. The summed E-state index contributed by atoms with van der Waals surface area (Å²) in [5.41, 5.74) is -0.0485. The second-order valence-electron chi connectivity index (χ2n) is 2.94. The lowest BCUT2D eigenvalue weighted by Crippen LogP contribution is -2.05. The van der Waals surface area contributed by atoms with Gasteiger partial charge >= 0.3 is 0 Å². The van der Waals surface area contributed by atoms with Crippen molar-refractivity contribution in [2.24, 2.45) is 5.41 Å². The molecule has 0 saturated carbocycles. The Bertz CT molecular complexity index is 150. The zero-order valence-corrected chi connectivity index (χ0v) is 6.63. The molecule has 58 valence electrons. The summed E-state index contributed by atoms with van der Waals surface area (Å²) in [6.07, 6.45) is 3.54. The minimum atomic E-state index is -0.433. The van der Waals surface area contributed by atoms with Crippen LogP contribution in [0.5, 0.6) is 0 Å². The molecule has 0 aliphatic rings. The summed E-state index contributed by atoms with van der Waals surface area (Å²) in [6.45, 7) is 5.93. The third-order valence-electron chi connectivity index (χ3n) is 1.56. The molecule has 0 spiro atoms. The first kappa shape index (κ1) is 9.14. The van der Waals surface area contributed by atoms with E-state index < -0.39 is 4.92 Å². The Kier molecular flexibility index (Phi) is 3.06. The van der Waals surface area contributed by atoms with Crippen LogP contribution in [-0.2, 0) is 0 Å². The van der Waals surface area contributed by atoms with Gasteiger partial charge in [-0.1, -0.05) is 20.8 Å². The molecule has 0 heterocycles. The monoisotopic (exact) mass is 143 g/mol. The molecule has 10 heavy (non-hydrogen) atoms. The van der Waals surface area contributed by atoms with Crippen LogP contribution >= 0.6 is 0 Å². The molecule has 0 rings (SSSR count). The molecule has 0 saturated heterocycles. The molecule has 0 aliphatic carbocycles. The number of hydrogen-bond donors (Lipinski definition) is 0. The third-order valence-corrected chi connectivity index (χ3v) is 1.56. The Balaban J connectivity index is 3.99. The van der Waals surface area contributed by atoms with Crippen LogP contribution in [0.4, 0.5) is 0 Å². The summed E-state index contributed by atoms with van der Waals surface area (Å²) in [5, 5.41) is 9.88. The van der Waals surface area contributed by atoms with E-state index in [1.54, 1.807) is 6.08 Å². The van der Waals surface area contributed by atoms with Crippen LogP contribution in [0.25, 0.3) is 0 Å². The molecule has 0 radical (unpaired) electrons. The molecule has 0 N–H and O–H groups in total. The molecule has 0 unspecified atom stereocenters. The van der Waals surface area contributed by atoms with Crippen LogP contribution in [0, 0.1) is 15.5 Å². The van der Waals surface area contributed by atoms with Gasteiger partial charge in [-0.15, -0.1) is 0 Å². The van der Waals surface area contributed by atoms with Crippen LogP contribution in [0.3, 0.4) is 0 Å². The SMILES string of the molecule is CCC(C)(C)/C=C/[N+](=O)[O-]. The molecule has 0 aliphatic heterocycles. The molecule has 0 atom stereocenters. The van der Waals surface area contributed by atoms with Gasteiger partial charge in [0.15, 0.2) is 0 Å². The van der Waals surface area contributed by atoms with E-state index in [0.29, 0.717) is 0 Å². The third kappa shape index (κ3) is 4.06. The van der Waals surface area contributed by atoms with Crippen LogP contribution in [0.15, 0.2) is 12.3 Å². The number of allylic oxidation sites excluding steroid dienone is 1. The molecule has 0 aromatic heterocycles. The molecule has 0 aromatic carbocycles. The van der Waals surface area contributed by atoms with Gasteiger partial charge in [-0.25, -0.2) is 0 Å². The van der Waals surface area contributed by atoms with Crippen molar-refractivity contribution in [2.45, 2.75) is 27.2 Å². The van der Waals surface area contributed by atoms with Gasteiger partial charge in [-0.05, 0) is 17.9 Å². The summed E-state index contributed by atoms with van der Waals surface area (Å²) < 4.78 is 0. The minimum Gasteiger partial charge on any atom is -0.259 e. The summed E-state index contributed by atoms with van der Waals surface area (Å²) in [5.74, 6) is 0. The van der Waals surface area contributed by atoms with Gasteiger partial charge in [0.2, 0.25) is 6.20 Å².